The van der Waals surface area contributed by atoms with E-state index in [1.54, 1.807) is 0 Å². The van der Waals surface area contributed by atoms with E-state index in [0.29, 0.717) is 25.4 Å². The van der Waals surface area contributed by atoms with Gasteiger partial charge in [0.1, 0.15) is 0 Å². The highest BCUT2D eigenvalue weighted by Crippen LogP contribution is 2.14. The Balaban J connectivity index is 2.20. The Labute approximate surface area is 53.8 Å². The van der Waals surface area contributed by atoms with Gasteiger partial charge in [-0.15, -0.1) is 11.6 Å². The molecule has 0 aromatic carbocycles. The molecule has 3 heteroatoms. The molecule has 0 spiro atoms. The maximum atomic E-state index is 9.26. The van der Waals surface area contributed by atoms with E-state index in [1.165, 1.54) is 0 Å². The van der Waals surface area contributed by atoms with Gasteiger partial charge in [0.05, 0.1) is 5.60 Å². The average Bonchev–Trinajstić information content (AvgIpc) is 1.64. The van der Waals surface area contributed by atoms with Crippen LogP contribution in [0.4, 0.5) is 0 Å². The lowest BCUT2D eigenvalue weighted by Gasteiger charge is -2.36. The first-order valence-electron chi connectivity index (χ1n) is 2.76. The third-order valence-electron chi connectivity index (χ3n) is 1.47. The molecule has 0 aromatic rings. The van der Waals surface area contributed by atoms with E-state index < -0.39 is 5.60 Å². The summed E-state index contributed by atoms with van der Waals surface area (Å²) in [6.07, 6.45) is 0.710. The standard InChI is InChI=1S/C5H10ClNO/c6-2-1-5(8)3-7-4-5/h7-8H,1-4H2. The Morgan fingerprint density at radius 1 is 1.62 bits per heavy atom. The predicted octanol–water partition coefficient (Wildman–Crippen LogP) is -0.0504. The molecule has 0 bridgehead atoms. The number of hydrogen-bond acceptors (Lipinski definition) is 2. The molecule has 0 aromatic heterocycles. The topological polar surface area (TPSA) is 32.3 Å². The highest BCUT2D eigenvalue weighted by molar-refractivity contribution is 6.17. The van der Waals surface area contributed by atoms with E-state index in [1.807, 2.05) is 0 Å². The van der Waals surface area contributed by atoms with Crippen LogP contribution in [-0.2, 0) is 0 Å². The number of halogens is 1. The number of β-amino-alcohol motifs (C(OH)–C–C–N with tert-alkyl or cyclic N) is 1. The van der Waals surface area contributed by atoms with Crippen LogP contribution in [0, 0.1) is 0 Å². The molecule has 48 valence electrons. The van der Waals surface area contributed by atoms with Crippen LogP contribution in [0.25, 0.3) is 0 Å². The molecule has 0 atom stereocenters. The fourth-order valence-corrected chi connectivity index (χ4v) is 1.12. The summed E-state index contributed by atoms with van der Waals surface area (Å²) >= 11 is 5.41. The first kappa shape index (κ1) is 6.33. The molecule has 1 aliphatic rings. The van der Waals surface area contributed by atoms with Crippen molar-refractivity contribution >= 4 is 11.6 Å². The van der Waals surface area contributed by atoms with E-state index in [4.69, 9.17) is 11.6 Å². The van der Waals surface area contributed by atoms with Crippen LogP contribution in [0.15, 0.2) is 0 Å². The van der Waals surface area contributed by atoms with Gasteiger partial charge in [0, 0.05) is 19.0 Å². The first-order chi connectivity index (χ1) is 3.77. The fraction of sp³-hybridized carbons (Fsp3) is 1.00. The molecule has 0 unspecified atom stereocenters. The zero-order valence-corrected chi connectivity index (χ0v) is 5.41. The molecule has 0 saturated carbocycles. The SMILES string of the molecule is OC1(CCCl)CNC1. The summed E-state index contributed by atoms with van der Waals surface area (Å²) in [4.78, 5) is 0. The van der Waals surface area contributed by atoms with Crippen LogP contribution in [0.1, 0.15) is 6.42 Å². The Morgan fingerprint density at radius 3 is 2.38 bits per heavy atom. The molecule has 2 N–H and O–H groups in total. The summed E-state index contributed by atoms with van der Waals surface area (Å²) in [7, 11) is 0. The highest BCUT2D eigenvalue weighted by atomic mass is 35.5. The van der Waals surface area contributed by atoms with Gasteiger partial charge in [-0.2, -0.15) is 0 Å². The van der Waals surface area contributed by atoms with Gasteiger partial charge in [0.2, 0.25) is 0 Å². The number of hydrogen-bond donors (Lipinski definition) is 2. The summed E-state index contributed by atoms with van der Waals surface area (Å²) in [5.74, 6) is 0.554. The Hall–Kier alpha value is 0.210. The van der Waals surface area contributed by atoms with Gasteiger partial charge in [-0.1, -0.05) is 0 Å². The zero-order valence-electron chi connectivity index (χ0n) is 4.65. The van der Waals surface area contributed by atoms with E-state index in [-0.39, 0.29) is 0 Å². The molecule has 1 rings (SSSR count). The summed E-state index contributed by atoms with van der Waals surface area (Å²) < 4.78 is 0. The maximum absolute atomic E-state index is 9.26. The lowest BCUT2D eigenvalue weighted by Crippen LogP contribution is -2.59. The van der Waals surface area contributed by atoms with Gasteiger partial charge in [0.15, 0.2) is 0 Å². The van der Waals surface area contributed by atoms with Crippen LogP contribution in [0.3, 0.4) is 0 Å². The molecular formula is C5H10ClNO. The van der Waals surface area contributed by atoms with E-state index >= 15 is 0 Å². The predicted molar refractivity (Wildman–Crippen MR) is 33.2 cm³/mol. The van der Waals surface area contributed by atoms with Crippen molar-refractivity contribution in [2.24, 2.45) is 0 Å². The van der Waals surface area contributed by atoms with E-state index in [0.717, 1.165) is 0 Å². The smallest absolute Gasteiger partial charge is 0.0906 e. The second-order valence-electron chi connectivity index (χ2n) is 2.27. The van der Waals surface area contributed by atoms with Crippen molar-refractivity contribution in [2.75, 3.05) is 19.0 Å². The van der Waals surface area contributed by atoms with E-state index in [9.17, 15) is 5.11 Å². The van der Waals surface area contributed by atoms with Gasteiger partial charge in [-0.25, -0.2) is 0 Å². The second kappa shape index (κ2) is 2.21. The van der Waals surface area contributed by atoms with Gasteiger partial charge >= 0.3 is 0 Å². The van der Waals surface area contributed by atoms with Gasteiger partial charge in [-0.3, -0.25) is 0 Å². The van der Waals surface area contributed by atoms with Crippen LogP contribution in [-0.4, -0.2) is 29.7 Å². The average molecular weight is 136 g/mol. The van der Waals surface area contributed by atoms with E-state index in [2.05, 4.69) is 5.32 Å². The monoisotopic (exact) mass is 135 g/mol. The third kappa shape index (κ3) is 1.13. The van der Waals surface area contributed by atoms with Crippen molar-refractivity contribution in [1.29, 1.82) is 0 Å². The lowest BCUT2D eigenvalue weighted by molar-refractivity contribution is -0.0120. The minimum atomic E-state index is -0.470. The molecule has 1 saturated heterocycles. The van der Waals surface area contributed by atoms with Gasteiger partial charge < -0.3 is 10.4 Å². The molecule has 1 aliphatic heterocycles. The summed E-state index contributed by atoms with van der Waals surface area (Å²) in [5.41, 5.74) is -0.470. The molecule has 2 nitrogen and oxygen atoms in total. The van der Waals surface area contributed by atoms with Crippen molar-refractivity contribution in [2.45, 2.75) is 12.0 Å². The quantitative estimate of drug-likeness (QED) is 0.521. The number of aliphatic hydroxyl groups is 1. The Bertz CT molecular complexity index is 82.5. The van der Waals surface area contributed by atoms with Gasteiger partial charge in [-0.05, 0) is 6.42 Å². The van der Waals surface area contributed by atoms with Crippen molar-refractivity contribution in [3.63, 3.8) is 0 Å². The summed E-state index contributed by atoms with van der Waals surface area (Å²) in [5, 5.41) is 12.2. The van der Waals surface area contributed by atoms with Crippen LogP contribution in [0.5, 0.6) is 0 Å². The summed E-state index contributed by atoms with van der Waals surface area (Å²) in [6.45, 7) is 1.42. The van der Waals surface area contributed by atoms with Crippen LogP contribution < -0.4 is 5.32 Å². The molecule has 8 heavy (non-hydrogen) atoms. The lowest BCUT2D eigenvalue weighted by atomic mass is 9.94. The maximum Gasteiger partial charge on any atom is 0.0906 e. The molecule has 0 amide bonds. The van der Waals surface area contributed by atoms with Crippen molar-refractivity contribution in [3.05, 3.63) is 0 Å². The number of alkyl halides is 1. The Kier molecular flexibility index (Phi) is 1.75. The first-order valence-corrected chi connectivity index (χ1v) is 3.29. The highest BCUT2D eigenvalue weighted by Gasteiger charge is 2.32. The number of nitrogens with one attached hydrogen (secondary N) is 1. The summed E-state index contributed by atoms with van der Waals surface area (Å²) in [6, 6.07) is 0. The molecule has 0 aliphatic carbocycles. The zero-order chi connectivity index (χ0) is 6.04. The van der Waals surface area contributed by atoms with Crippen molar-refractivity contribution < 1.29 is 5.11 Å². The van der Waals surface area contributed by atoms with Crippen LogP contribution >= 0.6 is 11.6 Å². The van der Waals surface area contributed by atoms with Crippen LogP contribution in [0.2, 0.25) is 0 Å². The third-order valence-corrected chi connectivity index (χ3v) is 1.66. The largest absolute Gasteiger partial charge is 0.387 e. The molecule has 1 fully saturated rings. The molecular weight excluding hydrogens is 126 g/mol. The van der Waals surface area contributed by atoms with Crippen molar-refractivity contribution in [1.82, 2.24) is 5.32 Å². The minimum absolute atomic E-state index is 0.470. The van der Waals surface area contributed by atoms with Gasteiger partial charge in [0.25, 0.3) is 0 Å². The Morgan fingerprint density at radius 2 is 2.25 bits per heavy atom. The molecule has 1 heterocycles. The molecule has 0 radical (unpaired) electrons. The normalized spacial score (nSPS) is 24.8. The van der Waals surface area contributed by atoms with Crippen molar-refractivity contribution in [3.8, 4) is 0 Å². The minimum Gasteiger partial charge on any atom is -0.387 e. The fourth-order valence-electron chi connectivity index (χ4n) is 0.766. The second-order valence-corrected chi connectivity index (χ2v) is 2.64. The number of rotatable bonds is 2.